The van der Waals surface area contributed by atoms with E-state index in [0.717, 1.165) is 11.4 Å². The number of methoxy groups -OCH3 is 1. The van der Waals surface area contributed by atoms with Gasteiger partial charge in [-0.15, -0.1) is 0 Å². The fraction of sp³-hybridized carbons (Fsp3) is 0.818. The molecule has 1 unspecified atom stereocenters. The maximum atomic E-state index is 12.2. The van der Waals surface area contributed by atoms with Gasteiger partial charge < -0.3 is 9.47 Å². The molecule has 19 heavy (non-hydrogen) atoms. The van der Waals surface area contributed by atoms with Crippen LogP contribution in [0.1, 0.15) is 27.2 Å². The highest BCUT2D eigenvalue weighted by Crippen LogP contribution is 2.11. The summed E-state index contributed by atoms with van der Waals surface area (Å²) in [4.78, 5) is 22.7. The van der Waals surface area contributed by atoms with Gasteiger partial charge in [0.15, 0.2) is 5.25 Å². The van der Waals surface area contributed by atoms with Crippen LogP contribution in [0.2, 0.25) is 0 Å². The molecule has 1 atom stereocenters. The van der Waals surface area contributed by atoms with Crippen molar-refractivity contribution in [2.75, 3.05) is 26.8 Å². The molecule has 0 spiro atoms. The first-order valence-corrected chi connectivity index (χ1v) is 7.53. The Labute approximate surface area is 113 Å². The van der Waals surface area contributed by atoms with Gasteiger partial charge in [-0.25, -0.2) is 8.42 Å². The third kappa shape index (κ3) is 5.15. The zero-order valence-electron chi connectivity index (χ0n) is 11.7. The largest absolute Gasteiger partial charge is 0.468 e. The van der Waals surface area contributed by atoms with Crippen molar-refractivity contribution in [1.82, 2.24) is 4.31 Å². The van der Waals surface area contributed by atoms with E-state index in [4.69, 9.17) is 4.74 Å². The highest BCUT2D eigenvalue weighted by atomic mass is 32.2. The first-order chi connectivity index (χ1) is 8.81. The van der Waals surface area contributed by atoms with Crippen LogP contribution in [0, 0.1) is 0 Å². The van der Waals surface area contributed by atoms with E-state index in [1.54, 1.807) is 13.8 Å². The summed E-state index contributed by atoms with van der Waals surface area (Å²) in [6, 6.07) is 0. The van der Waals surface area contributed by atoms with E-state index in [0.29, 0.717) is 6.42 Å². The summed E-state index contributed by atoms with van der Waals surface area (Å²) in [6.45, 7) is 4.55. The average Bonchev–Trinajstić information content (AvgIpc) is 2.36. The number of nitrogens with zero attached hydrogens (tertiary/aromatic N) is 1. The van der Waals surface area contributed by atoms with E-state index in [1.165, 1.54) is 6.92 Å². The molecule has 0 aromatic rings. The van der Waals surface area contributed by atoms with E-state index in [1.807, 2.05) is 0 Å². The second-order valence-electron chi connectivity index (χ2n) is 3.85. The minimum Gasteiger partial charge on any atom is -0.468 e. The molecule has 0 aliphatic carbocycles. The summed E-state index contributed by atoms with van der Waals surface area (Å²) in [5.74, 6) is -1.50. The molecular formula is C11H21NO6S. The van der Waals surface area contributed by atoms with E-state index < -0.39 is 33.8 Å². The zero-order valence-corrected chi connectivity index (χ0v) is 12.5. The number of hydrogen-bond donors (Lipinski definition) is 0. The predicted molar refractivity (Wildman–Crippen MR) is 68.9 cm³/mol. The molecule has 0 aliphatic heterocycles. The van der Waals surface area contributed by atoms with E-state index in [-0.39, 0.29) is 13.2 Å². The number of hydrogen-bond acceptors (Lipinski definition) is 6. The molecule has 0 saturated heterocycles. The lowest BCUT2D eigenvalue weighted by Crippen LogP contribution is -2.44. The van der Waals surface area contributed by atoms with Gasteiger partial charge in [0, 0.05) is 6.54 Å². The summed E-state index contributed by atoms with van der Waals surface area (Å²) in [5.41, 5.74) is 0. The van der Waals surface area contributed by atoms with Crippen molar-refractivity contribution in [2.45, 2.75) is 32.4 Å². The molecule has 0 bridgehead atoms. The molecule has 7 nitrogen and oxygen atoms in total. The molecule has 0 radical (unpaired) electrons. The van der Waals surface area contributed by atoms with E-state index >= 15 is 0 Å². The molecule has 0 N–H and O–H groups in total. The average molecular weight is 295 g/mol. The molecule has 112 valence electrons. The van der Waals surface area contributed by atoms with Crippen LogP contribution in [0.5, 0.6) is 0 Å². The number of carbonyl (C=O) groups is 2. The van der Waals surface area contributed by atoms with Crippen LogP contribution in [0.3, 0.4) is 0 Å². The second-order valence-corrected chi connectivity index (χ2v) is 6.10. The van der Waals surface area contributed by atoms with Crippen LogP contribution in [-0.4, -0.2) is 56.7 Å². The fourth-order valence-electron chi connectivity index (χ4n) is 1.41. The maximum Gasteiger partial charge on any atom is 0.325 e. The van der Waals surface area contributed by atoms with Crippen molar-refractivity contribution in [2.24, 2.45) is 0 Å². The molecule has 0 amide bonds. The van der Waals surface area contributed by atoms with Gasteiger partial charge in [-0.1, -0.05) is 6.92 Å². The standard InChI is InChI=1S/C11H21NO6S/c1-5-7-12(8-10(13)18-6-2)19(15,16)9(3)11(14)17-4/h9H,5-8H2,1-4H3. The molecule has 0 saturated carbocycles. The Morgan fingerprint density at radius 2 is 1.84 bits per heavy atom. The van der Waals surface area contributed by atoms with Gasteiger partial charge in [-0.05, 0) is 20.3 Å². The number of carbonyl (C=O) groups excluding carboxylic acids is 2. The Hall–Kier alpha value is -1.15. The second kappa shape index (κ2) is 8.11. The number of ether oxygens (including phenoxy) is 2. The first kappa shape index (κ1) is 17.8. The summed E-state index contributed by atoms with van der Waals surface area (Å²) >= 11 is 0. The Bertz CT molecular complexity index is 405. The Balaban J connectivity index is 5.04. The fourth-order valence-corrected chi connectivity index (χ4v) is 2.92. The molecular weight excluding hydrogens is 274 g/mol. The molecule has 0 aliphatic rings. The van der Waals surface area contributed by atoms with Crippen molar-refractivity contribution in [3.05, 3.63) is 0 Å². The van der Waals surface area contributed by atoms with E-state index in [9.17, 15) is 18.0 Å². The van der Waals surface area contributed by atoms with Crippen LogP contribution in [-0.2, 0) is 29.1 Å². The topological polar surface area (TPSA) is 90.0 Å². The normalized spacial score (nSPS) is 13.1. The van der Waals surface area contributed by atoms with Gasteiger partial charge in [0.05, 0.1) is 13.7 Å². The Morgan fingerprint density at radius 1 is 1.26 bits per heavy atom. The third-order valence-corrected chi connectivity index (χ3v) is 4.54. The molecule has 8 heteroatoms. The van der Waals surface area contributed by atoms with Crippen LogP contribution in [0.15, 0.2) is 0 Å². The van der Waals surface area contributed by atoms with Gasteiger partial charge in [-0.3, -0.25) is 9.59 Å². The molecule has 0 fully saturated rings. The van der Waals surface area contributed by atoms with Crippen molar-refractivity contribution >= 4 is 22.0 Å². The minimum absolute atomic E-state index is 0.141. The van der Waals surface area contributed by atoms with Crippen LogP contribution in [0.4, 0.5) is 0 Å². The zero-order chi connectivity index (χ0) is 15.1. The molecule has 0 rings (SSSR count). The maximum absolute atomic E-state index is 12.2. The summed E-state index contributed by atoms with van der Waals surface area (Å²) < 4.78 is 34.4. The molecule has 0 aromatic carbocycles. The number of sulfonamides is 1. The highest BCUT2D eigenvalue weighted by Gasteiger charge is 2.35. The lowest BCUT2D eigenvalue weighted by atomic mass is 10.5. The van der Waals surface area contributed by atoms with Crippen molar-refractivity contribution in [1.29, 1.82) is 0 Å². The number of rotatable bonds is 8. The molecule has 0 aromatic heterocycles. The highest BCUT2D eigenvalue weighted by molar-refractivity contribution is 7.90. The Morgan fingerprint density at radius 3 is 2.26 bits per heavy atom. The molecule has 0 heterocycles. The predicted octanol–water partition coefficient (Wildman–Crippen LogP) is 0.153. The van der Waals surface area contributed by atoms with Gasteiger partial charge in [0.2, 0.25) is 10.0 Å². The monoisotopic (exact) mass is 295 g/mol. The summed E-state index contributed by atoms with van der Waals surface area (Å²) in [7, 11) is -2.82. The third-order valence-electron chi connectivity index (χ3n) is 2.42. The minimum atomic E-state index is -3.93. The lowest BCUT2D eigenvalue weighted by molar-refractivity contribution is -0.144. The quantitative estimate of drug-likeness (QED) is 0.592. The van der Waals surface area contributed by atoms with Gasteiger partial charge in [0.25, 0.3) is 0 Å². The number of esters is 2. The van der Waals surface area contributed by atoms with Crippen LogP contribution >= 0.6 is 0 Å². The Kier molecular flexibility index (Phi) is 7.62. The van der Waals surface area contributed by atoms with Gasteiger partial charge in [-0.2, -0.15) is 4.31 Å². The van der Waals surface area contributed by atoms with Crippen LogP contribution in [0.25, 0.3) is 0 Å². The van der Waals surface area contributed by atoms with E-state index in [2.05, 4.69) is 4.74 Å². The first-order valence-electron chi connectivity index (χ1n) is 6.03. The SMILES string of the molecule is CCCN(CC(=O)OCC)S(=O)(=O)C(C)C(=O)OC. The van der Waals surface area contributed by atoms with Crippen molar-refractivity contribution in [3.63, 3.8) is 0 Å². The summed E-state index contributed by atoms with van der Waals surface area (Å²) in [6.07, 6.45) is 0.520. The van der Waals surface area contributed by atoms with Gasteiger partial charge in [0.1, 0.15) is 6.54 Å². The smallest absolute Gasteiger partial charge is 0.325 e. The van der Waals surface area contributed by atoms with Crippen LogP contribution < -0.4 is 0 Å². The summed E-state index contributed by atoms with van der Waals surface area (Å²) in [5, 5.41) is -1.35. The van der Waals surface area contributed by atoms with Crippen molar-refractivity contribution < 1.29 is 27.5 Å². The van der Waals surface area contributed by atoms with Gasteiger partial charge >= 0.3 is 11.9 Å². The van der Waals surface area contributed by atoms with Crippen molar-refractivity contribution in [3.8, 4) is 0 Å². The lowest BCUT2D eigenvalue weighted by Gasteiger charge is -2.23.